The van der Waals surface area contributed by atoms with E-state index in [1.807, 2.05) is 0 Å². The molecule has 1 aliphatic carbocycles. The molecule has 0 amide bonds. The minimum atomic E-state index is 0.292. The Bertz CT molecular complexity index is 713. The fourth-order valence-corrected chi connectivity index (χ4v) is 8.14. The molecule has 1 rings (SSSR count). The summed E-state index contributed by atoms with van der Waals surface area (Å²) in [7, 11) is 0. The maximum Gasteiger partial charge on any atom is 0.0982 e. The van der Waals surface area contributed by atoms with Crippen molar-refractivity contribution >= 4 is 0 Å². The number of hydrogen-bond donors (Lipinski definition) is 1. The lowest BCUT2D eigenvalue weighted by Gasteiger charge is -2.22. The van der Waals surface area contributed by atoms with E-state index >= 15 is 0 Å². The summed E-state index contributed by atoms with van der Waals surface area (Å²) in [4.78, 5) is 2.54. The zero-order valence-electron chi connectivity index (χ0n) is 35.7. The van der Waals surface area contributed by atoms with Crippen LogP contribution < -0.4 is 0 Å². The average molecular weight is 718 g/mol. The van der Waals surface area contributed by atoms with Gasteiger partial charge in [0.25, 0.3) is 0 Å². The van der Waals surface area contributed by atoms with Crippen LogP contribution in [0.5, 0.6) is 0 Å². The van der Waals surface area contributed by atoms with Crippen LogP contribution in [0.4, 0.5) is 0 Å². The summed E-state index contributed by atoms with van der Waals surface area (Å²) >= 11 is 0. The van der Waals surface area contributed by atoms with E-state index in [-0.39, 0.29) is 0 Å². The number of aliphatic hydroxyl groups excluding tert-OH is 1. The first-order valence-electron chi connectivity index (χ1n) is 23.9. The van der Waals surface area contributed by atoms with Gasteiger partial charge in [0, 0.05) is 13.0 Å². The first-order chi connectivity index (χ1) is 25.2. The summed E-state index contributed by atoms with van der Waals surface area (Å²) < 4.78 is 6.78. The van der Waals surface area contributed by atoms with Gasteiger partial charge in [0.2, 0.25) is 0 Å². The fraction of sp³-hybridized carbons (Fsp3) is 0.958. The van der Waals surface area contributed by atoms with Gasteiger partial charge in [-0.25, -0.2) is 0 Å². The summed E-state index contributed by atoms with van der Waals surface area (Å²) in [5.41, 5.74) is 1.62. The van der Waals surface area contributed by atoms with Crippen LogP contribution in [0.3, 0.4) is 0 Å². The Hall–Kier alpha value is -0.540. The Balaban J connectivity index is 2.27. The maximum atomic E-state index is 9.73. The van der Waals surface area contributed by atoms with Crippen LogP contribution in [-0.2, 0) is 4.74 Å². The number of hydrogen-bond acceptors (Lipinski definition) is 3. The molecule has 3 nitrogen and oxygen atoms in total. The van der Waals surface area contributed by atoms with Crippen LogP contribution >= 0.6 is 0 Å². The molecule has 0 aliphatic heterocycles. The van der Waals surface area contributed by atoms with E-state index < -0.39 is 0 Å². The molecule has 1 N–H and O–H groups in total. The van der Waals surface area contributed by atoms with Crippen LogP contribution in [0.25, 0.3) is 0 Å². The molecular formula is C48H95NO2. The van der Waals surface area contributed by atoms with Crippen molar-refractivity contribution in [3.8, 4) is 0 Å². The summed E-state index contributed by atoms with van der Waals surface area (Å²) in [5, 5.41) is 9.73. The fourth-order valence-electron chi connectivity index (χ4n) is 8.14. The molecular weight excluding hydrogens is 623 g/mol. The molecule has 0 spiro atoms. The third-order valence-electron chi connectivity index (χ3n) is 11.8. The van der Waals surface area contributed by atoms with E-state index in [0.29, 0.717) is 12.7 Å². The summed E-state index contributed by atoms with van der Waals surface area (Å²) in [6.45, 7) is 12.7. The number of rotatable bonds is 42. The third kappa shape index (κ3) is 31.5. The average Bonchev–Trinajstić information content (AvgIpc) is 3.99. The van der Waals surface area contributed by atoms with Crippen molar-refractivity contribution in [2.75, 3.05) is 26.2 Å². The summed E-state index contributed by atoms with van der Waals surface area (Å²) in [6, 6.07) is 0. The first kappa shape index (κ1) is 48.5. The predicted octanol–water partition coefficient (Wildman–Crippen LogP) is 15.7. The Labute approximate surface area is 322 Å². The largest absolute Gasteiger partial charge is 0.495 e. The Kier molecular flexibility index (Phi) is 35.9. The lowest BCUT2D eigenvalue weighted by molar-refractivity contribution is 0.0877. The zero-order chi connectivity index (χ0) is 36.9. The quantitative estimate of drug-likeness (QED) is 0.0504. The molecule has 0 heterocycles. The normalized spacial score (nSPS) is 13.5. The summed E-state index contributed by atoms with van der Waals surface area (Å²) in [6.07, 6.45) is 49.8. The smallest absolute Gasteiger partial charge is 0.0982 e. The maximum absolute atomic E-state index is 9.73. The third-order valence-corrected chi connectivity index (χ3v) is 11.8. The second-order valence-corrected chi connectivity index (χ2v) is 16.9. The van der Waals surface area contributed by atoms with Gasteiger partial charge in [-0.2, -0.15) is 0 Å². The Morgan fingerprint density at radius 2 is 0.863 bits per heavy atom. The van der Waals surface area contributed by atoms with Crippen molar-refractivity contribution in [2.45, 2.75) is 265 Å². The minimum Gasteiger partial charge on any atom is -0.495 e. The van der Waals surface area contributed by atoms with Crippen molar-refractivity contribution in [1.29, 1.82) is 0 Å². The molecule has 0 radical (unpaired) electrons. The lowest BCUT2D eigenvalue weighted by atomic mass is 9.89. The number of aliphatic hydroxyl groups is 1. The van der Waals surface area contributed by atoms with Gasteiger partial charge >= 0.3 is 0 Å². The predicted molar refractivity (Wildman–Crippen MR) is 228 cm³/mol. The molecule has 1 unspecified atom stereocenters. The van der Waals surface area contributed by atoms with Crippen molar-refractivity contribution < 1.29 is 9.84 Å². The molecule has 0 aromatic heterocycles. The van der Waals surface area contributed by atoms with Crippen LogP contribution in [-0.4, -0.2) is 42.4 Å². The first-order valence-corrected chi connectivity index (χ1v) is 23.9. The van der Waals surface area contributed by atoms with Crippen LogP contribution in [0, 0.1) is 5.92 Å². The van der Waals surface area contributed by atoms with Crippen molar-refractivity contribution in [3.63, 3.8) is 0 Å². The van der Waals surface area contributed by atoms with Crippen molar-refractivity contribution in [3.05, 3.63) is 11.3 Å². The van der Waals surface area contributed by atoms with Crippen LogP contribution in [0.15, 0.2) is 11.3 Å². The van der Waals surface area contributed by atoms with Crippen molar-refractivity contribution in [2.24, 2.45) is 5.92 Å². The SMILES string of the molecule is CCCCCCCCC(CCCCCCCC)CCCCCCCN(CCO)CCCCCC(OC(CCCC)CCCCCCCC)=C1CC1. The Morgan fingerprint density at radius 1 is 0.471 bits per heavy atom. The number of ether oxygens (including phenoxy) is 1. The van der Waals surface area contributed by atoms with E-state index in [1.165, 1.54) is 230 Å². The number of nitrogens with zero attached hydrogens (tertiary/aromatic N) is 1. The number of unbranched alkanes of at least 4 members (excludes halogenated alkanes) is 22. The van der Waals surface area contributed by atoms with Gasteiger partial charge in [0.05, 0.1) is 18.5 Å². The molecule has 0 saturated heterocycles. The zero-order valence-corrected chi connectivity index (χ0v) is 35.7. The molecule has 1 fully saturated rings. The molecule has 0 aromatic carbocycles. The molecule has 0 bridgehead atoms. The van der Waals surface area contributed by atoms with Gasteiger partial charge in [-0.15, -0.1) is 0 Å². The van der Waals surface area contributed by atoms with Gasteiger partial charge in [0.1, 0.15) is 0 Å². The van der Waals surface area contributed by atoms with Crippen LogP contribution in [0.1, 0.15) is 259 Å². The van der Waals surface area contributed by atoms with Gasteiger partial charge in [-0.05, 0) is 75.9 Å². The molecule has 51 heavy (non-hydrogen) atoms. The van der Waals surface area contributed by atoms with E-state index in [1.54, 1.807) is 5.57 Å². The highest BCUT2D eigenvalue weighted by molar-refractivity contribution is 5.21. The molecule has 1 saturated carbocycles. The minimum absolute atomic E-state index is 0.292. The van der Waals surface area contributed by atoms with E-state index in [2.05, 4.69) is 32.6 Å². The second kappa shape index (κ2) is 37.8. The monoisotopic (exact) mass is 718 g/mol. The molecule has 304 valence electrons. The van der Waals surface area contributed by atoms with Gasteiger partial charge in [0.15, 0.2) is 0 Å². The highest BCUT2D eigenvalue weighted by atomic mass is 16.5. The molecule has 1 aliphatic rings. The Morgan fingerprint density at radius 3 is 1.31 bits per heavy atom. The van der Waals surface area contributed by atoms with Gasteiger partial charge < -0.3 is 14.7 Å². The molecule has 3 heteroatoms. The van der Waals surface area contributed by atoms with Gasteiger partial charge in [-0.1, -0.05) is 201 Å². The topological polar surface area (TPSA) is 32.7 Å². The van der Waals surface area contributed by atoms with Gasteiger partial charge in [-0.3, -0.25) is 0 Å². The lowest BCUT2D eigenvalue weighted by Crippen LogP contribution is -2.29. The molecule has 1 atom stereocenters. The van der Waals surface area contributed by atoms with E-state index in [4.69, 9.17) is 4.74 Å². The highest BCUT2D eigenvalue weighted by Gasteiger charge is 2.22. The van der Waals surface area contributed by atoms with Crippen LogP contribution in [0.2, 0.25) is 0 Å². The molecule has 0 aromatic rings. The standard InChI is InChI=1S/C48H95NO2/c1-5-9-13-16-20-26-33-45(34-27-21-17-14-10-6-2)35-28-22-19-24-31-41-49(43-44-50)42-32-25-30-38-48(46-39-40-46)51-47(36-12-8-4)37-29-23-18-15-11-7-3/h45,47,50H,5-44H2,1-4H3. The number of allylic oxidation sites excluding steroid dienone is 2. The second-order valence-electron chi connectivity index (χ2n) is 16.9. The van der Waals surface area contributed by atoms with E-state index in [9.17, 15) is 5.11 Å². The van der Waals surface area contributed by atoms with Crippen molar-refractivity contribution in [1.82, 2.24) is 4.90 Å². The van der Waals surface area contributed by atoms with E-state index in [0.717, 1.165) is 32.0 Å². The summed E-state index contributed by atoms with van der Waals surface area (Å²) in [5.74, 6) is 2.36. The highest BCUT2D eigenvalue weighted by Crippen LogP contribution is 2.36.